The molecule has 2 N–H and O–H groups in total. The molecule has 1 aliphatic rings. The molecule has 2 aromatic rings. The van der Waals surface area contributed by atoms with E-state index in [1.165, 1.54) is 12.5 Å². The molecular formula is C17H17NO4. The van der Waals surface area contributed by atoms with Gasteiger partial charge in [-0.2, -0.15) is 5.06 Å². The van der Waals surface area contributed by atoms with Crippen LogP contribution >= 0.6 is 0 Å². The quantitative estimate of drug-likeness (QED) is 0.534. The van der Waals surface area contributed by atoms with Crippen molar-refractivity contribution in [3.63, 3.8) is 0 Å². The third kappa shape index (κ3) is 3.15. The number of carboxylic acid groups (broad SMARTS) is 1. The third-order valence-electron chi connectivity index (χ3n) is 3.32. The highest BCUT2D eigenvalue weighted by molar-refractivity contribution is 5.97. The summed E-state index contributed by atoms with van der Waals surface area (Å²) in [6.45, 7) is 2.43. The first-order valence-electron chi connectivity index (χ1n) is 6.81. The van der Waals surface area contributed by atoms with Gasteiger partial charge in [0.2, 0.25) is 5.91 Å². The van der Waals surface area contributed by atoms with Crippen LogP contribution in [-0.2, 0) is 16.0 Å². The van der Waals surface area contributed by atoms with Gasteiger partial charge in [-0.25, -0.2) is 0 Å². The Morgan fingerprint density at radius 2 is 1.59 bits per heavy atom. The van der Waals surface area contributed by atoms with Gasteiger partial charge in [0.1, 0.15) is 0 Å². The summed E-state index contributed by atoms with van der Waals surface area (Å²) in [5.41, 5.74) is 5.00. The normalized spacial score (nSPS) is 10.9. The molecule has 0 aromatic heterocycles. The van der Waals surface area contributed by atoms with E-state index in [4.69, 9.17) is 9.90 Å². The summed E-state index contributed by atoms with van der Waals surface area (Å²) in [7, 11) is 0. The zero-order valence-electron chi connectivity index (χ0n) is 12.4. The molecule has 0 heterocycles. The molecule has 0 spiro atoms. The topological polar surface area (TPSA) is 77.8 Å². The molecular weight excluding hydrogens is 282 g/mol. The van der Waals surface area contributed by atoms with Gasteiger partial charge in [-0.15, -0.1) is 0 Å². The number of rotatable bonds is 1. The van der Waals surface area contributed by atoms with Crippen LogP contribution in [0.1, 0.15) is 25.0 Å². The van der Waals surface area contributed by atoms with Gasteiger partial charge in [0.25, 0.3) is 5.97 Å². The predicted octanol–water partition coefficient (Wildman–Crippen LogP) is 3.09. The molecule has 1 aliphatic carbocycles. The van der Waals surface area contributed by atoms with E-state index in [0.29, 0.717) is 5.69 Å². The molecule has 0 saturated carbocycles. The van der Waals surface area contributed by atoms with Gasteiger partial charge in [-0.3, -0.25) is 14.8 Å². The molecule has 0 saturated heterocycles. The zero-order valence-corrected chi connectivity index (χ0v) is 12.4. The largest absolute Gasteiger partial charge is 0.481 e. The molecule has 0 fully saturated rings. The average Bonchev–Trinajstić information content (AvgIpc) is 2.84. The Labute approximate surface area is 128 Å². The van der Waals surface area contributed by atoms with E-state index in [1.807, 2.05) is 30.3 Å². The Bertz CT molecular complexity index is 720. The lowest BCUT2D eigenvalue weighted by molar-refractivity contribution is -0.134. The fraction of sp³-hybridized carbons (Fsp3) is 0.176. The number of carbonyl (C=O) groups is 2. The smallest absolute Gasteiger partial charge is 0.300 e. The molecule has 5 heteroatoms. The molecule has 0 atom stereocenters. The molecule has 0 bridgehead atoms. The van der Waals surface area contributed by atoms with Gasteiger partial charge in [0, 0.05) is 19.4 Å². The van der Waals surface area contributed by atoms with Crippen LogP contribution in [-0.4, -0.2) is 22.2 Å². The molecule has 22 heavy (non-hydrogen) atoms. The van der Waals surface area contributed by atoms with Gasteiger partial charge in [-0.1, -0.05) is 36.4 Å². The molecule has 0 unspecified atom stereocenters. The van der Waals surface area contributed by atoms with Gasteiger partial charge in [-0.05, 0) is 29.2 Å². The lowest BCUT2D eigenvalue weighted by atomic mass is 10.0. The molecule has 3 rings (SSSR count). The van der Waals surface area contributed by atoms with Gasteiger partial charge < -0.3 is 5.11 Å². The number of carbonyl (C=O) groups excluding carboxylic acids is 1. The summed E-state index contributed by atoms with van der Waals surface area (Å²) in [4.78, 5) is 20.3. The van der Waals surface area contributed by atoms with E-state index in [-0.39, 0.29) is 5.91 Å². The minimum Gasteiger partial charge on any atom is -0.481 e. The summed E-state index contributed by atoms with van der Waals surface area (Å²) in [6.07, 6.45) is 0.852. The molecule has 1 amide bonds. The number of hydroxylamine groups is 1. The van der Waals surface area contributed by atoms with Crippen LogP contribution in [0.5, 0.6) is 0 Å². The van der Waals surface area contributed by atoms with Crippen molar-refractivity contribution in [2.24, 2.45) is 0 Å². The average molecular weight is 299 g/mol. The van der Waals surface area contributed by atoms with Crippen LogP contribution < -0.4 is 5.06 Å². The number of nitrogens with zero attached hydrogens (tertiary/aromatic N) is 1. The van der Waals surface area contributed by atoms with E-state index in [9.17, 15) is 10.0 Å². The standard InChI is InChI=1S/C15H13NO2.C2H4O2/c1-10(17)16(18)14-8-4-6-12-9-11-5-2-3-7-13(11)15(12)14;1-2(3)4/h2-8,18H,9H2,1H3;1H3,(H,3,4). The molecule has 2 aromatic carbocycles. The maximum atomic E-state index is 11.3. The summed E-state index contributed by atoms with van der Waals surface area (Å²) in [5, 5.41) is 18.0. The van der Waals surface area contributed by atoms with Crippen molar-refractivity contribution in [1.82, 2.24) is 0 Å². The second kappa shape index (κ2) is 6.41. The van der Waals surface area contributed by atoms with Crippen molar-refractivity contribution < 1.29 is 19.9 Å². The monoisotopic (exact) mass is 299 g/mol. The second-order valence-electron chi connectivity index (χ2n) is 5.00. The third-order valence-corrected chi connectivity index (χ3v) is 3.32. The van der Waals surface area contributed by atoms with E-state index in [2.05, 4.69) is 6.07 Å². The van der Waals surface area contributed by atoms with E-state index in [0.717, 1.165) is 35.1 Å². The first-order chi connectivity index (χ1) is 10.4. The minimum absolute atomic E-state index is 0.382. The van der Waals surface area contributed by atoms with Crippen LogP contribution in [0.25, 0.3) is 11.1 Å². The van der Waals surface area contributed by atoms with E-state index in [1.54, 1.807) is 6.07 Å². The number of benzene rings is 2. The van der Waals surface area contributed by atoms with Crippen molar-refractivity contribution in [3.05, 3.63) is 53.6 Å². The first-order valence-corrected chi connectivity index (χ1v) is 6.81. The van der Waals surface area contributed by atoms with Crippen molar-refractivity contribution in [3.8, 4) is 11.1 Å². The summed E-state index contributed by atoms with van der Waals surface area (Å²) >= 11 is 0. The number of amides is 1. The maximum absolute atomic E-state index is 11.3. The maximum Gasteiger partial charge on any atom is 0.300 e. The predicted molar refractivity (Wildman–Crippen MR) is 82.9 cm³/mol. The number of carboxylic acids is 1. The van der Waals surface area contributed by atoms with Crippen molar-refractivity contribution in [1.29, 1.82) is 0 Å². The van der Waals surface area contributed by atoms with Crippen LogP contribution in [0, 0.1) is 0 Å². The molecule has 0 aliphatic heterocycles. The van der Waals surface area contributed by atoms with Crippen molar-refractivity contribution in [2.45, 2.75) is 20.3 Å². The van der Waals surface area contributed by atoms with Crippen LogP contribution in [0.4, 0.5) is 5.69 Å². The highest BCUT2D eigenvalue weighted by Crippen LogP contribution is 2.42. The fourth-order valence-electron chi connectivity index (χ4n) is 2.51. The number of hydrogen-bond acceptors (Lipinski definition) is 3. The summed E-state index contributed by atoms with van der Waals surface area (Å²) < 4.78 is 0. The number of anilines is 1. The Balaban J connectivity index is 0.000000396. The second-order valence-corrected chi connectivity index (χ2v) is 5.00. The Morgan fingerprint density at radius 1 is 1.00 bits per heavy atom. The number of aliphatic carboxylic acids is 1. The Kier molecular flexibility index (Phi) is 4.58. The minimum atomic E-state index is -0.833. The number of hydrogen-bond donors (Lipinski definition) is 2. The van der Waals surface area contributed by atoms with Crippen LogP contribution in [0.3, 0.4) is 0 Å². The first kappa shape index (κ1) is 15.7. The highest BCUT2D eigenvalue weighted by Gasteiger charge is 2.24. The highest BCUT2D eigenvalue weighted by atomic mass is 16.5. The van der Waals surface area contributed by atoms with Crippen molar-refractivity contribution >= 4 is 17.6 Å². The molecule has 5 nitrogen and oxygen atoms in total. The van der Waals surface area contributed by atoms with Crippen molar-refractivity contribution in [2.75, 3.05) is 5.06 Å². The van der Waals surface area contributed by atoms with Gasteiger partial charge in [0.15, 0.2) is 0 Å². The number of fused-ring (bicyclic) bond motifs is 3. The van der Waals surface area contributed by atoms with E-state index >= 15 is 0 Å². The summed E-state index contributed by atoms with van der Waals surface area (Å²) in [5.74, 6) is -1.22. The van der Waals surface area contributed by atoms with Gasteiger partial charge in [0.05, 0.1) is 5.69 Å². The zero-order chi connectivity index (χ0) is 16.3. The van der Waals surface area contributed by atoms with Crippen LogP contribution in [0.15, 0.2) is 42.5 Å². The van der Waals surface area contributed by atoms with Gasteiger partial charge >= 0.3 is 0 Å². The lowest BCUT2D eigenvalue weighted by Gasteiger charge is -2.17. The fourth-order valence-corrected chi connectivity index (χ4v) is 2.51. The summed E-state index contributed by atoms with van der Waals surface area (Å²) in [6, 6.07) is 13.8. The Hall–Kier alpha value is -2.66. The lowest BCUT2D eigenvalue weighted by Crippen LogP contribution is -2.24. The SMILES string of the molecule is CC(=O)N(O)c1cccc2c1-c1ccccc1C2.CC(=O)O. The van der Waals surface area contributed by atoms with E-state index < -0.39 is 5.97 Å². The van der Waals surface area contributed by atoms with Crippen LogP contribution in [0.2, 0.25) is 0 Å². The molecule has 0 radical (unpaired) electrons. The molecule has 114 valence electrons. The Morgan fingerprint density at radius 3 is 2.23 bits per heavy atom.